The quantitative estimate of drug-likeness (QED) is 0.0107. The van der Waals surface area contributed by atoms with Crippen LogP contribution in [0.2, 0.25) is 0 Å². The molecule has 0 aliphatic carbocycles. The first kappa shape index (κ1) is 117. The Morgan fingerprint density at radius 1 is 0.554 bits per heavy atom. The average molecular weight is 1800 g/mol. The number of rotatable bonds is 18. The van der Waals surface area contributed by atoms with Gasteiger partial charge in [-0.15, -0.1) is 13.2 Å². The second kappa shape index (κ2) is 57.1. The van der Waals surface area contributed by atoms with Gasteiger partial charge in [-0.25, -0.2) is 34.0 Å². The minimum absolute atomic E-state index is 0. The van der Waals surface area contributed by atoms with Crippen LogP contribution in [-0.4, -0.2) is 155 Å². The Bertz CT molecular complexity index is 3540. The minimum Gasteiger partial charge on any atom is -1.00 e. The van der Waals surface area contributed by atoms with Crippen LogP contribution >= 0.6 is 20.8 Å². The molecule has 6 aliphatic heterocycles. The van der Waals surface area contributed by atoms with Gasteiger partial charge in [0.25, 0.3) is 0 Å². The Balaban J connectivity index is 0. The average Bonchev–Trinajstić information content (AvgIpc) is 0.718. The van der Waals surface area contributed by atoms with E-state index < -0.39 is 28.4 Å². The number of carbonyl (C=O) groups is 4. The molecule has 6 aliphatic rings. The fourth-order valence-corrected chi connectivity index (χ4v) is 20.0. The fourth-order valence-electron chi connectivity index (χ4n) is 14.3. The van der Waals surface area contributed by atoms with Gasteiger partial charge in [0.05, 0.1) is 67.0 Å². The van der Waals surface area contributed by atoms with Crippen LogP contribution in [0.25, 0.3) is 0 Å². The van der Waals surface area contributed by atoms with E-state index in [1.165, 1.54) is 34.0 Å². The molecule has 1 unspecified atom stereocenters. The molecule has 678 valence electrons. The topological polar surface area (TPSA) is 212 Å². The number of ether oxygens (including phenoxy) is 8. The molecular weight excluding hydrogens is 1630 g/mol. The predicted octanol–water partition coefficient (Wildman–Crippen LogP) is 19.6. The number of amides is 2. The zero-order valence-electron chi connectivity index (χ0n) is 78.0. The Labute approximate surface area is 764 Å². The second-order valence-electron chi connectivity index (χ2n) is 35.5. The summed E-state index contributed by atoms with van der Waals surface area (Å²) < 4.78 is 45.0. The molecule has 121 heavy (non-hydrogen) atoms. The standard InChI is InChI=1S/C19H18BrP.C18H31NO3.C17H29NO4.C13H23NO.C11H18O2.C11H20O.C8H12O2.C3H5.CH4.ClH.Mg/c1-21(20,17-11-5-2-6-12-17,18-13-7-3-8-14-18)19-15-9-4-10-16-19;1-8-12(2)9-10-16-13(3)11-15(14(4)21-16)19-17(20)22-18(5,6)7;1-11(10-19)7-8-15-12(2)9-14(13(3)21-15)18-16(20)22-17(4,5)6;1-5-9(2)6-7-13-10(3)8-12(14)11(4)15-13;1-5-6-11(12)9(3)7-8(2)10(4)13-11;1-5-6-11-9(3)7-8(2)10(4)12-11;1-5-4-6(2)8(9)10-7(5)3;1-3-2;;;/h2-16H,1H3;8-9,13-16H,1,10-11H2,2-7H3,(H,19,20);7,10,12-15H,8-9H2,1-6H3,(H,18,20);5-6,10-13H,1,7-8,14H2,2-4H3;5,7-8,10,12H,1,6H2,2-4H3;5,8-11H,1,6-7H2,2-4H3;4-5,7H,1-3H3;3H,1-2H2;1H4;1H;/q;;;;;;;-1;;;+2/p-1/b;12-9+;11-7+;9-6+;;;;;;;/t;13-,14+,15+,16-;12-,13+,14+,15-;10-,11+,12+,13-;8-,10-,11?;8-,9+,10-,11+;5-,7-;;;;/m.000111..../s1. The van der Waals surface area contributed by atoms with Gasteiger partial charge in [-0.3, -0.25) is 4.79 Å². The SMILES string of the molecule is C.C/C(C=O)=C\C[C@@H]1O[C@H](C)[C@H](NC(=O)OC(C)(C)C)C[C@@H]1C.C=C/C(C)=C/C[C@@H]1O[C@H](C)[C@H](N)C[C@@H]1C.C=C/C(C)=C/C[C@@H]1O[C@H](C)[C@H](NC(=O)OC(C)(C)C)C[C@@H]1C.C=CCC1(O)O[C@H](C)[C@H](C)C=C1C.C=CC[C@@H]1O[C@H](C)[C@H](C)C[C@@H]1C.C=C[CH2-].CC1=C[C@@H](C)[C@@H](C)OC1=O.CP(Br)(c1ccccc1)(c1ccccc1)c1ccccc1.[Cl-].[Mg+2]. The molecule has 2 amide bonds. The number of aldehydes is 1. The van der Waals surface area contributed by atoms with E-state index >= 15 is 0 Å². The van der Waals surface area contributed by atoms with Gasteiger partial charge < -0.3 is 71.8 Å². The third-order valence-corrected chi connectivity index (χ3v) is 30.8. The van der Waals surface area contributed by atoms with Gasteiger partial charge in [0, 0.05) is 29.9 Å². The van der Waals surface area contributed by atoms with Crippen molar-refractivity contribution in [3.05, 3.63) is 219 Å². The number of cyclic esters (lactones) is 1. The molecule has 0 radical (unpaired) electrons. The van der Waals surface area contributed by atoms with Crippen LogP contribution in [0, 0.1) is 48.3 Å². The summed E-state index contributed by atoms with van der Waals surface area (Å²) in [5.41, 5.74) is 9.68. The number of aliphatic hydroxyl groups is 1. The van der Waals surface area contributed by atoms with Crippen LogP contribution < -0.4 is 44.7 Å². The first-order valence-electron chi connectivity index (χ1n) is 42.6. The molecule has 0 bridgehead atoms. The number of halogens is 2. The normalized spacial score (nSPS) is 29.2. The van der Waals surface area contributed by atoms with Gasteiger partial charge in [-0.1, -0.05) is 135 Å². The van der Waals surface area contributed by atoms with Crippen LogP contribution in [0.15, 0.2) is 213 Å². The number of carbonyl (C=O) groups excluding carboxylic acids is 4. The van der Waals surface area contributed by atoms with Crippen molar-refractivity contribution in [1.29, 1.82) is 0 Å². The minimum atomic E-state index is -2.56. The van der Waals surface area contributed by atoms with Crippen LogP contribution in [0.3, 0.4) is 0 Å². The maximum absolute atomic E-state index is 11.9. The molecule has 21 atom stereocenters. The first-order valence-corrected chi connectivity index (χ1v) is 47.3. The molecule has 20 heteroatoms. The summed E-state index contributed by atoms with van der Waals surface area (Å²) in [5, 5.41) is 17.4. The Kier molecular flexibility index (Phi) is 55.4. The van der Waals surface area contributed by atoms with Crippen LogP contribution in [-0.2, 0) is 47.5 Å². The summed E-state index contributed by atoms with van der Waals surface area (Å²) in [7, 11) is 0. The third-order valence-electron chi connectivity index (χ3n) is 22.6. The van der Waals surface area contributed by atoms with Gasteiger partial charge in [0.2, 0.25) is 0 Å². The predicted molar refractivity (Wildman–Crippen MR) is 512 cm³/mol. The van der Waals surface area contributed by atoms with Crippen molar-refractivity contribution in [2.24, 2.45) is 47.2 Å². The fraction of sp³-hybridized carbons (Fsp3) is 0.574. The van der Waals surface area contributed by atoms with Gasteiger partial charge in [0.15, 0.2) is 5.79 Å². The van der Waals surface area contributed by atoms with Crippen molar-refractivity contribution < 1.29 is 74.6 Å². The van der Waals surface area contributed by atoms with Crippen LogP contribution in [0.5, 0.6) is 0 Å². The van der Waals surface area contributed by atoms with Crippen LogP contribution in [0.4, 0.5) is 9.59 Å². The van der Waals surface area contributed by atoms with E-state index in [4.69, 9.17) is 43.6 Å². The summed E-state index contributed by atoms with van der Waals surface area (Å²) in [6.45, 7) is 71.6. The molecule has 9 rings (SSSR count). The molecule has 0 saturated carbocycles. The van der Waals surface area contributed by atoms with Crippen molar-refractivity contribution in [2.45, 2.75) is 328 Å². The molecule has 16 nitrogen and oxygen atoms in total. The Hall–Kier alpha value is -5.70. The zero-order valence-corrected chi connectivity index (χ0v) is 82.6. The molecule has 0 aromatic heterocycles. The number of benzene rings is 3. The molecular formula is C101H160BrClMgN3O13P. The summed E-state index contributed by atoms with van der Waals surface area (Å²) >= 11 is 4.24. The third kappa shape index (κ3) is 41.1. The van der Waals surface area contributed by atoms with E-state index in [0.717, 1.165) is 73.5 Å². The number of allylic oxidation sites excluding steroid dienone is 6. The number of hydrogen-bond donors (Lipinski definition) is 4. The summed E-state index contributed by atoms with van der Waals surface area (Å²) in [6.07, 6.45) is 28.9. The largest absolute Gasteiger partial charge is 2.00 e. The van der Waals surface area contributed by atoms with Gasteiger partial charge in [-0.05, 0) is 210 Å². The van der Waals surface area contributed by atoms with E-state index in [1.807, 2.05) is 120 Å². The summed E-state index contributed by atoms with van der Waals surface area (Å²) in [6, 6.07) is 32.4. The van der Waals surface area contributed by atoms with Gasteiger partial charge >= 0.3 is 176 Å². The number of nitrogens with one attached hydrogen (secondary N) is 2. The van der Waals surface area contributed by atoms with Gasteiger partial charge in [-0.2, -0.15) is 0 Å². The van der Waals surface area contributed by atoms with Crippen molar-refractivity contribution in [1.82, 2.24) is 10.6 Å². The van der Waals surface area contributed by atoms with Crippen molar-refractivity contribution in [3.63, 3.8) is 0 Å². The monoisotopic (exact) mass is 1790 g/mol. The Morgan fingerprint density at radius 2 is 0.901 bits per heavy atom. The molecule has 6 heterocycles. The maximum Gasteiger partial charge on any atom is 2.00 e. The number of alkyl carbamates (subject to hydrolysis) is 2. The van der Waals surface area contributed by atoms with Crippen molar-refractivity contribution >= 4 is 84.2 Å². The molecule has 4 fully saturated rings. The van der Waals surface area contributed by atoms with Crippen molar-refractivity contribution in [2.75, 3.05) is 6.66 Å². The molecule has 5 N–H and O–H groups in total. The van der Waals surface area contributed by atoms with E-state index in [2.05, 4.69) is 244 Å². The van der Waals surface area contributed by atoms with Crippen molar-refractivity contribution in [3.8, 4) is 0 Å². The Morgan fingerprint density at radius 3 is 1.26 bits per heavy atom. The van der Waals surface area contributed by atoms with E-state index in [9.17, 15) is 24.3 Å². The van der Waals surface area contributed by atoms with E-state index in [-0.39, 0.29) is 116 Å². The summed E-state index contributed by atoms with van der Waals surface area (Å²) in [5.74, 6) is 2.05. The molecule has 0 spiro atoms. The first-order chi connectivity index (χ1) is 55.1. The smallest absolute Gasteiger partial charge is 1.00 e. The number of esters is 1. The number of nitrogens with two attached hydrogens (primary N) is 1. The molecule has 3 aromatic rings. The molecule has 4 saturated heterocycles. The second-order valence-corrected chi connectivity index (χ2v) is 45.2. The van der Waals surface area contributed by atoms with Crippen LogP contribution in [0.1, 0.15) is 231 Å². The summed E-state index contributed by atoms with van der Waals surface area (Å²) in [4.78, 5) is 45.3. The number of hydrogen-bond acceptors (Lipinski definition) is 14. The zero-order chi connectivity index (χ0) is 89.7. The molecule has 3 aromatic carbocycles. The van der Waals surface area contributed by atoms with E-state index in [1.54, 1.807) is 19.9 Å². The van der Waals surface area contributed by atoms with Gasteiger partial charge in [0.1, 0.15) is 23.6 Å². The maximum atomic E-state index is 11.9. The van der Waals surface area contributed by atoms with E-state index in [0.29, 0.717) is 66.2 Å².